The number of piperidine rings is 1. The molecule has 62 valence electrons. The van der Waals surface area contributed by atoms with Crippen molar-refractivity contribution in [1.82, 2.24) is 4.90 Å². The van der Waals surface area contributed by atoms with E-state index in [1.54, 1.807) is 6.42 Å². The fourth-order valence-corrected chi connectivity index (χ4v) is 3.96. The molecule has 4 unspecified atom stereocenters. The number of hydrogen-bond acceptors (Lipinski definition) is 1. The summed E-state index contributed by atoms with van der Waals surface area (Å²) in [4.78, 5) is 2.61. The lowest BCUT2D eigenvalue weighted by Crippen LogP contribution is -2.37. The summed E-state index contributed by atoms with van der Waals surface area (Å²) in [6.07, 6.45) is 6.15. The van der Waals surface area contributed by atoms with Gasteiger partial charge in [0.05, 0.1) is 0 Å². The minimum Gasteiger partial charge on any atom is -0.303 e. The highest BCUT2D eigenvalue weighted by Crippen LogP contribution is 2.53. The van der Waals surface area contributed by atoms with E-state index in [0.717, 1.165) is 23.8 Å². The van der Waals surface area contributed by atoms with Crippen LogP contribution >= 0.6 is 0 Å². The summed E-state index contributed by atoms with van der Waals surface area (Å²) in [5.41, 5.74) is 0. The van der Waals surface area contributed by atoms with Crippen molar-refractivity contribution in [3.63, 3.8) is 0 Å². The van der Waals surface area contributed by atoms with E-state index in [9.17, 15) is 0 Å². The molecular formula is C10H17N. The Morgan fingerprint density at radius 3 is 2.91 bits per heavy atom. The molecule has 0 radical (unpaired) electrons. The topological polar surface area (TPSA) is 3.24 Å². The van der Waals surface area contributed by atoms with Crippen LogP contribution < -0.4 is 0 Å². The maximum atomic E-state index is 2.61. The molecule has 2 aliphatic carbocycles. The van der Waals surface area contributed by atoms with E-state index in [4.69, 9.17) is 0 Å². The van der Waals surface area contributed by atoms with Gasteiger partial charge in [0, 0.05) is 12.6 Å². The third-order valence-corrected chi connectivity index (χ3v) is 4.36. The van der Waals surface area contributed by atoms with Gasteiger partial charge in [0.15, 0.2) is 0 Å². The Morgan fingerprint density at radius 1 is 1.18 bits per heavy atom. The van der Waals surface area contributed by atoms with Gasteiger partial charge in [-0.1, -0.05) is 6.42 Å². The molecule has 0 aromatic heterocycles. The van der Waals surface area contributed by atoms with Gasteiger partial charge >= 0.3 is 0 Å². The first-order chi connectivity index (χ1) is 5.36. The van der Waals surface area contributed by atoms with E-state index in [1.165, 1.54) is 25.8 Å². The average molecular weight is 151 g/mol. The Labute approximate surface area is 68.8 Å². The third-order valence-electron chi connectivity index (χ3n) is 4.36. The van der Waals surface area contributed by atoms with Crippen molar-refractivity contribution in [2.75, 3.05) is 13.6 Å². The van der Waals surface area contributed by atoms with Crippen LogP contribution in [0.15, 0.2) is 0 Å². The zero-order valence-corrected chi connectivity index (χ0v) is 7.29. The summed E-state index contributed by atoms with van der Waals surface area (Å²) in [6, 6.07) is 0.993. The standard InChI is InChI=1S/C10H17N/c1-11-6-7-5-10(11)9-4-2-3-8(7)9/h7-10H,2-6H2,1H3. The van der Waals surface area contributed by atoms with E-state index in [2.05, 4.69) is 11.9 Å². The second-order valence-electron chi connectivity index (χ2n) is 4.76. The van der Waals surface area contributed by atoms with Crippen LogP contribution in [0, 0.1) is 17.8 Å². The van der Waals surface area contributed by atoms with Crippen molar-refractivity contribution in [3.05, 3.63) is 0 Å². The first-order valence-corrected chi connectivity index (χ1v) is 5.06. The minimum atomic E-state index is 0.993. The molecule has 1 aliphatic heterocycles. The SMILES string of the molecule is CN1CC2CC1C1CCCC21. The summed E-state index contributed by atoms with van der Waals surface area (Å²) < 4.78 is 0. The van der Waals surface area contributed by atoms with Crippen LogP contribution in [0.5, 0.6) is 0 Å². The number of hydrogen-bond donors (Lipinski definition) is 0. The van der Waals surface area contributed by atoms with E-state index in [-0.39, 0.29) is 0 Å². The van der Waals surface area contributed by atoms with E-state index < -0.39 is 0 Å². The Bertz CT molecular complexity index is 178. The van der Waals surface area contributed by atoms with Gasteiger partial charge in [0.2, 0.25) is 0 Å². The molecule has 3 fully saturated rings. The van der Waals surface area contributed by atoms with Crippen LogP contribution in [0.1, 0.15) is 25.7 Å². The molecule has 3 aliphatic rings. The molecule has 1 heterocycles. The van der Waals surface area contributed by atoms with Gasteiger partial charge in [-0.05, 0) is 44.1 Å². The largest absolute Gasteiger partial charge is 0.303 e. The molecule has 1 saturated heterocycles. The molecule has 4 atom stereocenters. The van der Waals surface area contributed by atoms with Crippen molar-refractivity contribution in [3.8, 4) is 0 Å². The molecule has 2 bridgehead atoms. The lowest BCUT2D eigenvalue weighted by molar-refractivity contribution is 0.155. The van der Waals surface area contributed by atoms with Crippen molar-refractivity contribution in [1.29, 1.82) is 0 Å². The van der Waals surface area contributed by atoms with Crippen molar-refractivity contribution in [2.45, 2.75) is 31.7 Å². The fourth-order valence-electron chi connectivity index (χ4n) is 3.96. The zero-order valence-electron chi connectivity index (χ0n) is 7.29. The highest BCUT2D eigenvalue weighted by atomic mass is 15.2. The number of rotatable bonds is 0. The summed E-state index contributed by atoms with van der Waals surface area (Å²) in [7, 11) is 2.32. The molecule has 1 heteroatoms. The Morgan fingerprint density at radius 2 is 2.00 bits per heavy atom. The predicted molar refractivity (Wildman–Crippen MR) is 45.4 cm³/mol. The van der Waals surface area contributed by atoms with E-state index in [1.807, 2.05) is 0 Å². The van der Waals surface area contributed by atoms with Crippen LogP contribution in [-0.4, -0.2) is 24.5 Å². The third kappa shape index (κ3) is 0.703. The van der Waals surface area contributed by atoms with Crippen LogP contribution in [-0.2, 0) is 0 Å². The molecule has 0 spiro atoms. The Hall–Kier alpha value is -0.0400. The van der Waals surface area contributed by atoms with Gasteiger partial charge in [-0.15, -0.1) is 0 Å². The number of likely N-dealkylation sites (tertiary alicyclic amines) is 1. The van der Waals surface area contributed by atoms with Gasteiger partial charge in [-0.25, -0.2) is 0 Å². The van der Waals surface area contributed by atoms with Gasteiger partial charge < -0.3 is 4.90 Å². The van der Waals surface area contributed by atoms with Gasteiger partial charge in [0.25, 0.3) is 0 Å². The monoisotopic (exact) mass is 151 g/mol. The summed E-state index contributed by atoms with van der Waals surface area (Å²) >= 11 is 0. The van der Waals surface area contributed by atoms with Crippen LogP contribution in [0.25, 0.3) is 0 Å². The molecule has 0 N–H and O–H groups in total. The molecule has 0 aromatic carbocycles. The Kier molecular flexibility index (Phi) is 1.18. The molecule has 0 aromatic rings. The van der Waals surface area contributed by atoms with Crippen LogP contribution in [0.3, 0.4) is 0 Å². The summed E-state index contributed by atoms with van der Waals surface area (Å²) in [5, 5.41) is 0. The van der Waals surface area contributed by atoms with Crippen LogP contribution in [0.4, 0.5) is 0 Å². The predicted octanol–water partition coefficient (Wildman–Crippen LogP) is 1.74. The highest BCUT2D eigenvalue weighted by molar-refractivity contribution is 5.04. The minimum absolute atomic E-state index is 0.993. The smallest absolute Gasteiger partial charge is 0.0127 e. The summed E-state index contributed by atoms with van der Waals surface area (Å²) in [5.74, 6) is 3.35. The lowest BCUT2D eigenvalue weighted by Gasteiger charge is -2.31. The normalized spacial score (nSPS) is 55.4. The summed E-state index contributed by atoms with van der Waals surface area (Å²) in [6.45, 7) is 1.41. The molecule has 0 amide bonds. The lowest BCUT2D eigenvalue weighted by atomic mass is 9.89. The molecular weight excluding hydrogens is 134 g/mol. The average Bonchev–Trinajstić information content (AvgIpc) is 2.52. The van der Waals surface area contributed by atoms with Crippen molar-refractivity contribution < 1.29 is 0 Å². The number of nitrogens with zero attached hydrogens (tertiary/aromatic N) is 1. The second kappa shape index (κ2) is 2.01. The first-order valence-electron chi connectivity index (χ1n) is 5.06. The van der Waals surface area contributed by atoms with Gasteiger partial charge in [-0.2, -0.15) is 0 Å². The Balaban J connectivity index is 1.90. The van der Waals surface area contributed by atoms with Gasteiger partial charge in [0.1, 0.15) is 0 Å². The van der Waals surface area contributed by atoms with Crippen LogP contribution in [0.2, 0.25) is 0 Å². The molecule has 3 rings (SSSR count). The molecule has 1 nitrogen and oxygen atoms in total. The van der Waals surface area contributed by atoms with Crippen molar-refractivity contribution in [2.24, 2.45) is 17.8 Å². The second-order valence-corrected chi connectivity index (χ2v) is 4.76. The zero-order chi connectivity index (χ0) is 7.42. The van der Waals surface area contributed by atoms with E-state index in [0.29, 0.717) is 0 Å². The molecule has 11 heavy (non-hydrogen) atoms. The maximum Gasteiger partial charge on any atom is 0.0127 e. The number of fused-ring (bicyclic) bond motifs is 5. The first kappa shape index (κ1) is 6.47. The van der Waals surface area contributed by atoms with Crippen molar-refractivity contribution >= 4 is 0 Å². The molecule has 2 saturated carbocycles. The highest BCUT2D eigenvalue weighted by Gasteiger charge is 2.51. The quantitative estimate of drug-likeness (QED) is 0.509. The maximum absolute atomic E-state index is 2.61. The van der Waals surface area contributed by atoms with E-state index >= 15 is 0 Å². The van der Waals surface area contributed by atoms with Gasteiger partial charge in [-0.3, -0.25) is 0 Å². The fraction of sp³-hybridized carbons (Fsp3) is 1.00.